The number of pyridine rings is 1. The van der Waals surface area contributed by atoms with Crippen molar-refractivity contribution in [1.29, 1.82) is 0 Å². The molecule has 0 saturated carbocycles. The van der Waals surface area contributed by atoms with Gasteiger partial charge >= 0.3 is 17.9 Å². The fourth-order valence-corrected chi connectivity index (χ4v) is 11.9. The van der Waals surface area contributed by atoms with E-state index in [2.05, 4.69) is 5.32 Å². The highest BCUT2D eigenvalue weighted by Gasteiger charge is 2.55. The Morgan fingerprint density at radius 1 is 0.897 bits per heavy atom. The van der Waals surface area contributed by atoms with Crippen LogP contribution in [0.2, 0.25) is 0 Å². The molecule has 3 aliphatic heterocycles. The van der Waals surface area contributed by atoms with Crippen LogP contribution in [0, 0.1) is 23.7 Å². The second-order valence-electron chi connectivity index (χ2n) is 22.9. The van der Waals surface area contributed by atoms with E-state index in [0.717, 1.165) is 5.56 Å². The van der Waals surface area contributed by atoms with Crippen LogP contribution in [0.3, 0.4) is 0 Å². The van der Waals surface area contributed by atoms with Gasteiger partial charge in [-0.2, -0.15) is 0 Å². The van der Waals surface area contributed by atoms with Crippen LogP contribution in [0.5, 0.6) is 0 Å². The lowest BCUT2D eigenvalue weighted by atomic mass is 9.74. The molecule has 1 aromatic heterocycles. The Bertz CT molecular complexity index is 2400. The van der Waals surface area contributed by atoms with Crippen LogP contribution >= 0.6 is 0 Å². The van der Waals surface area contributed by atoms with E-state index in [4.69, 9.17) is 42.6 Å². The number of hydrogen-bond acceptors (Lipinski definition) is 19. The highest BCUT2D eigenvalue weighted by molar-refractivity contribution is 5.92. The number of carboxylic acids is 1. The first-order valence-corrected chi connectivity index (χ1v) is 27.6. The topological polar surface area (TPSA) is 270 Å². The average molecular weight is 1110 g/mol. The Morgan fingerprint density at radius 2 is 1.56 bits per heavy atom. The number of carbonyl (C=O) groups is 4. The SMILES string of the molecule is CC[C@H]1OC(=O)[C@H](C)[C@@H](O[C@H]2C[C@@](C)(OC)[C@@H](OC(=O)CCNCCCc3ccc4c(c3)c(=O)c(C(=O)O)cn4CCOC)[C@H](C)O2)[C@H](C)[C@@H](O[C@@H]2O[C@H](C)C[C@H](N(C)C)[C@H]2O)[C@](C)(OC)C[C@@H](C)C(=O)[C@H](C)[C@@H](O)[C@]1(C)O. The number of aliphatic hydroxyl groups is 3. The summed E-state index contributed by atoms with van der Waals surface area (Å²) in [7, 11) is 8.26. The van der Waals surface area contributed by atoms with Crippen LogP contribution in [0.25, 0.3) is 10.9 Å². The number of ketones is 1. The molecule has 442 valence electrons. The molecule has 0 aliphatic carbocycles. The molecule has 21 nitrogen and oxygen atoms in total. The van der Waals surface area contributed by atoms with Crippen molar-refractivity contribution >= 4 is 34.6 Å². The molecule has 5 rings (SSSR count). The van der Waals surface area contributed by atoms with Gasteiger partial charge in [0.15, 0.2) is 18.7 Å². The summed E-state index contributed by atoms with van der Waals surface area (Å²) in [5, 5.41) is 48.6. The number of benzene rings is 1. The Labute approximate surface area is 459 Å². The lowest BCUT2D eigenvalue weighted by Crippen LogP contribution is -2.61. The number of carbonyl (C=O) groups excluding carboxylic acids is 3. The van der Waals surface area contributed by atoms with Gasteiger partial charge in [-0.1, -0.05) is 33.8 Å². The first-order chi connectivity index (χ1) is 36.6. The van der Waals surface area contributed by atoms with Gasteiger partial charge in [0.1, 0.15) is 34.8 Å². The number of esters is 2. The summed E-state index contributed by atoms with van der Waals surface area (Å²) in [6, 6.07) is 5.11. The number of hydrogen-bond donors (Lipinski definition) is 5. The number of rotatable bonds is 20. The number of cyclic esters (lactones) is 1. The van der Waals surface area contributed by atoms with Crippen LogP contribution < -0.4 is 10.7 Å². The third-order valence-corrected chi connectivity index (χ3v) is 16.7. The third kappa shape index (κ3) is 14.9. The molecule has 0 amide bonds. The molecular formula is C57H91N3O18. The van der Waals surface area contributed by atoms with E-state index in [0.29, 0.717) is 56.4 Å². The number of aromatic carboxylic acids is 1. The standard InChI is InChI=1S/C57H91N3O18/c1-16-42-57(10,69)49(65)33(4)45(62)31(2)28-55(8,71-14)50(78-54-47(64)41(59(11)12)26-32(3)73-54)34(5)48(35(6)53(68)75-42)77-44-29-56(9,72-15)51(36(7)74-44)76-43(61)21-23-58-22-17-18-37-19-20-40-38(27-37)46(63)39(52(66)67)30-60(40)24-25-70-13/h19-20,27,30-36,41-42,44,47-51,54,58,64-65,69H,16-18,21-26,28-29H2,1-15H3,(H,66,67)/t31-,32-,33+,34+,35-,36+,41+,42-,44+,47-,48+,49-,50-,51+,54+,55-,56-,57-/m1/s1. The summed E-state index contributed by atoms with van der Waals surface area (Å²) in [6.45, 7) is 18.5. The van der Waals surface area contributed by atoms with Crippen molar-refractivity contribution in [3.05, 3.63) is 45.7 Å². The zero-order valence-corrected chi connectivity index (χ0v) is 48.6. The average Bonchev–Trinajstić information content (AvgIpc) is 3.45. The van der Waals surface area contributed by atoms with Gasteiger partial charge < -0.3 is 77.8 Å². The Kier molecular flexibility index (Phi) is 23.0. The summed E-state index contributed by atoms with van der Waals surface area (Å²) in [4.78, 5) is 69.2. The molecule has 3 fully saturated rings. The monoisotopic (exact) mass is 1110 g/mol. The molecule has 1 aromatic carbocycles. The quantitative estimate of drug-likeness (QED) is 0.0915. The minimum Gasteiger partial charge on any atom is -0.477 e. The van der Waals surface area contributed by atoms with Crippen LogP contribution in [-0.4, -0.2) is 193 Å². The van der Waals surface area contributed by atoms with Crippen molar-refractivity contribution in [2.24, 2.45) is 23.7 Å². The van der Waals surface area contributed by atoms with Crippen LogP contribution in [-0.2, 0) is 70.0 Å². The summed E-state index contributed by atoms with van der Waals surface area (Å²) in [5.74, 6) is -6.65. The predicted octanol–water partition coefficient (Wildman–Crippen LogP) is 4.26. The number of methoxy groups -OCH3 is 3. The van der Waals surface area contributed by atoms with Crippen LogP contribution in [0.4, 0.5) is 0 Å². The number of carboxylic acid groups (broad SMARTS) is 1. The minimum atomic E-state index is -2.03. The van der Waals surface area contributed by atoms with E-state index in [1.54, 1.807) is 59.3 Å². The molecule has 0 spiro atoms. The predicted molar refractivity (Wildman–Crippen MR) is 288 cm³/mol. The second kappa shape index (κ2) is 27.7. The number of nitrogens with zero attached hydrogens (tertiary/aromatic N) is 2. The molecule has 3 aliphatic rings. The fraction of sp³-hybridized carbons (Fsp3) is 0.772. The molecule has 78 heavy (non-hydrogen) atoms. The Morgan fingerprint density at radius 3 is 2.18 bits per heavy atom. The van der Waals surface area contributed by atoms with Gasteiger partial charge in [-0.3, -0.25) is 19.2 Å². The smallest absolute Gasteiger partial charge is 0.341 e. The molecule has 5 N–H and O–H groups in total. The van der Waals surface area contributed by atoms with Gasteiger partial charge in [0.25, 0.3) is 0 Å². The molecule has 0 radical (unpaired) electrons. The third-order valence-electron chi connectivity index (χ3n) is 16.7. The highest BCUT2D eigenvalue weighted by atomic mass is 16.7. The van der Waals surface area contributed by atoms with Crippen molar-refractivity contribution in [2.45, 2.75) is 205 Å². The van der Waals surface area contributed by atoms with E-state index in [1.165, 1.54) is 34.3 Å². The number of Topliss-reactive ketones (excluding diaryl/α,β-unsaturated/α-hetero) is 1. The van der Waals surface area contributed by atoms with E-state index >= 15 is 0 Å². The first kappa shape index (κ1) is 64.8. The van der Waals surface area contributed by atoms with Gasteiger partial charge in [0.2, 0.25) is 5.43 Å². The number of aliphatic hydroxyl groups excluding tert-OH is 2. The second-order valence-corrected chi connectivity index (χ2v) is 22.9. The summed E-state index contributed by atoms with van der Waals surface area (Å²) >= 11 is 0. The van der Waals surface area contributed by atoms with Crippen LogP contribution in [0.1, 0.15) is 124 Å². The number of fused-ring (bicyclic) bond motifs is 1. The van der Waals surface area contributed by atoms with Gasteiger partial charge in [-0.25, -0.2) is 4.79 Å². The fourth-order valence-electron chi connectivity index (χ4n) is 11.9. The highest BCUT2D eigenvalue weighted by Crippen LogP contribution is 2.42. The van der Waals surface area contributed by atoms with E-state index in [1.807, 2.05) is 45.0 Å². The van der Waals surface area contributed by atoms with E-state index in [-0.39, 0.29) is 49.2 Å². The largest absolute Gasteiger partial charge is 0.477 e. The van der Waals surface area contributed by atoms with Crippen molar-refractivity contribution in [3.63, 3.8) is 0 Å². The van der Waals surface area contributed by atoms with Gasteiger partial charge in [-0.05, 0) is 112 Å². The molecular weight excluding hydrogens is 1010 g/mol. The minimum absolute atomic E-state index is 0.0238. The number of aromatic nitrogens is 1. The van der Waals surface area contributed by atoms with Gasteiger partial charge in [0.05, 0.1) is 60.6 Å². The maximum Gasteiger partial charge on any atom is 0.341 e. The number of ether oxygens (including phenoxy) is 9. The zero-order chi connectivity index (χ0) is 58.2. The van der Waals surface area contributed by atoms with E-state index < -0.39 is 119 Å². The maximum atomic E-state index is 14.6. The normalized spacial score (nSPS) is 36.5. The molecule has 4 heterocycles. The van der Waals surface area contributed by atoms with Crippen molar-refractivity contribution < 1.29 is 82.2 Å². The molecule has 0 unspecified atom stereocenters. The van der Waals surface area contributed by atoms with Gasteiger partial charge in [0, 0.05) is 76.2 Å². The summed E-state index contributed by atoms with van der Waals surface area (Å²) < 4.78 is 58.2. The number of nitrogens with one attached hydrogen (secondary N) is 1. The molecule has 18 atom stereocenters. The Balaban J connectivity index is 1.34. The van der Waals surface area contributed by atoms with Crippen molar-refractivity contribution in [1.82, 2.24) is 14.8 Å². The zero-order valence-electron chi connectivity index (χ0n) is 48.6. The maximum absolute atomic E-state index is 14.6. The molecule has 2 aromatic rings. The summed E-state index contributed by atoms with van der Waals surface area (Å²) in [5.41, 5.74) is -3.91. The molecule has 21 heteroatoms. The lowest BCUT2D eigenvalue weighted by Gasteiger charge is -2.50. The van der Waals surface area contributed by atoms with Gasteiger partial charge in [-0.15, -0.1) is 0 Å². The van der Waals surface area contributed by atoms with Crippen molar-refractivity contribution in [2.75, 3.05) is 55.1 Å². The first-order valence-electron chi connectivity index (χ1n) is 27.6. The lowest BCUT2D eigenvalue weighted by molar-refractivity contribution is -0.320. The van der Waals surface area contributed by atoms with Crippen molar-refractivity contribution in [3.8, 4) is 0 Å². The Hall–Kier alpha value is -3.97. The summed E-state index contributed by atoms with van der Waals surface area (Å²) in [6.07, 6.45) is -7.02. The number of likely N-dealkylation sites (N-methyl/N-ethyl adjacent to an activating group) is 1. The molecule has 0 bridgehead atoms. The van der Waals surface area contributed by atoms with Crippen LogP contribution in [0.15, 0.2) is 29.2 Å². The molecule has 3 saturated heterocycles. The number of aryl methyl sites for hydroxylation is 1. The van der Waals surface area contributed by atoms with E-state index in [9.17, 15) is 44.4 Å².